The fraction of sp³-hybridized carbons (Fsp3) is 0.833. The summed E-state index contributed by atoms with van der Waals surface area (Å²) >= 11 is 0. The van der Waals surface area contributed by atoms with E-state index >= 15 is 0 Å². The summed E-state index contributed by atoms with van der Waals surface area (Å²) in [6, 6.07) is 0. The Balaban J connectivity index is 1.40. The summed E-state index contributed by atoms with van der Waals surface area (Å²) in [5.41, 5.74) is 0. The second kappa shape index (κ2) is 3.90. The molecule has 1 heterocycles. The molecule has 0 aromatic rings. The highest BCUT2D eigenvalue weighted by molar-refractivity contribution is 5.74. The Morgan fingerprint density at radius 1 is 1.15 bits per heavy atom. The van der Waals surface area contributed by atoms with Gasteiger partial charge < -0.3 is 4.74 Å². The molecule has 20 heavy (non-hydrogen) atoms. The Hall–Kier alpha value is -0.790. The van der Waals surface area contributed by atoms with Crippen molar-refractivity contribution < 1.29 is 9.53 Å². The lowest BCUT2D eigenvalue weighted by molar-refractivity contribution is -0.143. The molecule has 2 nitrogen and oxygen atoms in total. The number of ether oxygens (including phenoxy) is 1. The van der Waals surface area contributed by atoms with Crippen molar-refractivity contribution in [1.82, 2.24) is 0 Å². The van der Waals surface area contributed by atoms with Crippen molar-refractivity contribution in [3.63, 3.8) is 0 Å². The average molecular weight is 272 g/mol. The number of rotatable bonds is 2. The molecule has 0 aromatic carbocycles. The zero-order valence-electron chi connectivity index (χ0n) is 12.2. The third kappa shape index (κ3) is 1.33. The summed E-state index contributed by atoms with van der Waals surface area (Å²) in [6.45, 7) is 2.99. The second-order valence-corrected chi connectivity index (χ2v) is 8.08. The van der Waals surface area contributed by atoms with Crippen LogP contribution in [-0.4, -0.2) is 12.6 Å². The van der Waals surface area contributed by atoms with Crippen LogP contribution < -0.4 is 0 Å². The van der Waals surface area contributed by atoms with Gasteiger partial charge in [0.2, 0.25) is 0 Å². The summed E-state index contributed by atoms with van der Waals surface area (Å²) in [5, 5.41) is 0. The van der Waals surface area contributed by atoms with E-state index in [0.717, 1.165) is 47.8 Å². The van der Waals surface area contributed by atoms with E-state index in [-0.39, 0.29) is 11.9 Å². The van der Waals surface area contributed by atoms with Gasteiger partial charge in [-0.15, -0.1) is 0 Å². The first-order chi connectivity index (χ1) is 9.74. The van der Waals surface area contributed by atoms with Crippen molar-refractivity contribution in [2.24, 2.45) is 53.3 Å². The number of esters is 1. The van der Waals surface area contributed by atoms with Crippen molar-refractivity contribution in [3.05, 3.63) is 12.2 Å². The molecule has 0 N–H and O–H groups in total. The van der Waals surface area contributed by atoms with E-state index < -0.39 is 0 Å². The SMILES string of the molecule is CC(C1CCOC1=O)C1CC2CC1C1C3C=CC(C3)C21. The monoisotopic (exact) mass is 272 g/mol. The maximum absolute atomic E-state index is 11.9. The molecule has 1 aliphatic heterocycles. The summed E-state index contributed by atoms with van der Waals surface area (Å²) in [6.07, 6.45) is 10.3. The number of carbonyl (C=O) groups is 1. The Morgan fingerprint density at radius 3 is 2.70 bits per heavy atom. The molecular formula is C18H24O2. The van der Waals surface area contributed by atoms with Gasteiger partial charge >= 0.3 is 5.97 Å². The number of hydrogen-bond acceptors (Lipinski definition) is 2. The molecule has 0 spiro atoms. The number of carbonyl (C=O) groups excluding carboxylic acids is 1. The lowest BCUT2D eigenvalue weighted by atomic mass is 9.64. The van der Waals surface area contributed by atoms with Gasteiger partial charge in [0.05, 0.1) is 12.5 Å². The number of fused-ring (bicyclic) bond motifs is 9. The highest BCUT2D eigenvalue weighted by atomic mass is 16.5. The summed E-state index contributed by atoms with van der Waals surface area (Å²) < 4.78 is 5.21. The third-order valence-corrected chi connectivity index (χ3v) is 7.61. The van der Waals surface area contributed by atoms with Gasteiger partial charge in [-0.05, 0) is 73.0 Å². The molecule has 3 saturated carbocycles. The zero-order chi connectivity index (χ0) is 13.4. The summed E-state index contributed by atoms with van der Waals surface area (Å²) in [5.74, 6) is 7.27. The molecule has 4 aliphatic carbocycles. The van der Waals surface area contributed by atoms with Gasteiger partial charge in [-0.2, -0.15) is 0 Å². The smallest absolute Gasteiger partial charge is 0.309 e. The van der Waals surface area contributed by atoms with E-state index in [1.807, 2.05) is 0 Å². The van der Waals surface area contributed by atoms with Crippen LogP contribution in [0.25, 0.3) is 0 Å². The van der Waals surface area contributed by atoms with Crippen LogP contribution in [0.1, 0.15) is 32.6 Å². The summed E-state index contributed by atoms with van der Waals surface area (Å²) in [4.78, 5) is 11.9. The highest BCUT2D eigenvalue weighted by Gasteiger charge is 2.62. The second-order valence-electron chi connectivity index (χ2n) is 8.08. The van der Waals surface area contributed by atoms with Crippen molar-refractivity contribution in [3.8, 4) is 0 Å². The van der Waals surface area contributed by atoms with Gasteiger partial charge in [-0.25, -0.2) is 0 Å². The van der Waals surface area contributed by atoms with Crippen LogP contribution in [0.2, 0.25) is 0 Å². The summed E-state index contributed by atoms with van der Waals surface area (Å²) in [7, 11) is 0. The Morgan fingerprint density at radius 2 is 1.95 bits per heavy atom. The van der Waals surface area contributed by atoms with Crippen LogP contribution in [0.3, 0.4) is 0 Å². The van der Waals surface area contributed by atoms with Gasteiger partial charge in [0, 0.05) is 0 Å². The van der Waals surface area contributed by atoms with Crippen LogP contribution in [0.5, 0.6) is 0 Å². The largest absolute Gasteiger partial charge is 0.465 e. The molecular weight excluding hydrogens is 248 g/mol. The predicted octanol–water partition coefficient (Wildman–Crippen LogP) is 3.28. The predicted molar refractivity (Wildman–Crippen MR) is 75.7 cm³/mol. The first kappa shape index (κ1) is 11.8. The minimum atomic E-state index is 0.0876. The Kier molecular flexibility index (Phi) is 2.30. The fourth-order valence-corrected chi connectivity index (χ4v) is 6.96. The molecule has 4 fully saturated rings. The van der Waals surface area contributed by atoms with Gasteiger partial charge in [0.25, 0.3) is 0 Å². The van der Waals surface area contributed by atoms with E-state index in [1.165, 1.54) is 19.3 Å². The van der Waals surface area contributed by atoms with Gasteiger partial charge in [-0.3, -0.25) is 4.79 Å². The zero-order valence-corrected chi connectivity index (χ0v) is 12.2. The third-order valence-electron chi connectivity index (χ3n) is 7.61. The quantitative estimate of drug-likeness (QED) is 0.438. The topological polar surface area (TPSA) is 26.3 Å². The molecule has 5 aliphatic rings. The van der Waals surface area contributed by atoms with Crippen LogP contribution in [0.4, 0.5) is 0 Å². The molecule has 108 valence electrons. The minimum Gasteiger partial charge on any atom is -0.465 e. The maximum atomic E-state index is 11.9. The highest BCUT2D eigenvalue weighted by Crippen LogP contribution is 2.68. The van der Waals surface area contributed by atoms with Gasteiger partial charge in [0.15, 0.2) is 0 Å². The standard InChI is InChI=1S/C18H24O2/c1-9(13-4-5-20-18(13)19)14-7-12-8-15(14)17-11-3-2-10(6-11)16(12)17/h2-3,9-17H,4-8H2,1H3. The van der Waals surface area contributed by atoms with E-state index in [1.54, 1.807) is 0 Å². The first-order valence-corrected chi connectivity index (χ1v) is 8.59. The molecule has 0 amide bonds. The van der Waals surface area contributed by atoms with Crippen LogP contribution >= 0.6 is 0 Å². The molecule has 9 unspecified atom stereocenters. The molecule has 4 bridgehead atoms. The van der Waals surface area contributed by atoms with E-state index in [0.29, 0.717) is 12.5 Å². The van der Waals surface area contributed by atoms with Crippen molar-refractivity contribution in [2.75, 3.05) is 6.61 Å². The lowest BCUT2D eigenvalue weighted by Crippen LogP contribution is -2.36. The molecule has 5 rings (SSSR count). The van der Waals surface area contributed by atoms with Crippen LogP contribution in [0, 0.1) is 53.3 Å². The van der Waals surface area contributed by atoms with Crippen LogP contribution in [-0.2, 0) is 9.53 Å². The lowest BCUT2D eigenvalue weighted by Gasteiger charge is -2.40. The van der Waals surface area contributed by atoms with Gasteiger partial charge in [0.1, 0.15) is 0 Å². The molecule has 1 saturated heterocycles. The first-order valence-electron chi connectivity index (χ1n) is 8.59. The van der Waals surface area contributed by atoms with Crippen molar-refractivity contribution in [1.29, 1.82) is 0 Å². The number of hydrogen-bond donors (Lipinski definition) is 0. The molecule has 9 atom stereocenters. The van der Waals surface area contributed by atoms with Crippen molar-refractivity contribution >= 4 is 5.97 Å². The van der Waals surface area contributed by atoms with Crippen molar-refractivity contribution in [2.45, 2.75) is 32.6 Å². The van der Waals surface area contributed by atoms with Gasteiger partial charge in [-0.1, -0.05) is 19.1 Å². The molecule has 0 radical (unpaired) electrons. The molecule has 2 heteroatoms. The molecule has 0 aromatic heterocycles. The van der Waals surface area contributed by atoms with E-state index in [2.05, 4.69) is 19.1 Å². The number of allylic oxidation sites excluding steroid dienone is 2. The Labute approximate surface area is 120 Å². The number of cyclic esters (lactones) is 1. The minimum absolute atomic E-state index is 0.0876. The average Bonchev–Trinajstić information content (AvgIpc) is 3.22. The van der Waals surface area contributed by atoms with Crippen LogP contribution in [0.15, 0.2) is 12.2 Å². The normalized spacial score (nSPS) is 56.4. The maximum Gasteiger partial charge on any atom is 0.309 e. The fourth-order valence-electron chi connectivity index (χ4n) is 6.96. The Bertz CT molecular complexity index is 482. The van der Waals surface area contributed by atoms with E-state index in [9.17, 15) is 4.79 Å². The van der Waals surface area contributed by atoms with E-state index in [4.69, 9.17) is 4.74 Å².